The van der Waals surface area contributed by atoms with Crippen molar-refractivity contribution in [3.8, 4) is 0 Å². The van der Waals surface area contributed by atoms with Gasteiger partial charge in [0.05, 0.1) is 18.0 Å². The van der Waals surface area contributed by atoms with Crippen LogP contribution in [0.15, 0.2) is 64.8 Å². The monoisotopic (exact) mass is 341 g/mol. The van der Waals surface area contributed by atoms with E-state index in [2.05, 4.69) is 10.2 Å². The second-order valence-electron chi connectivity index (χ2n) is 5.35. The van der Waals surface area contributed by atoms with E-state index in [0.717, 1.165) is 11.1 Å². The number of halogens is 1. The number of amidine groups is 1. The van der Waals surface area contributed by atoms with Crippen LogP contribution in [0.1, 0.15) is 18.1 Å². The van der Waals surface area contributed by atoms with Crippen molar-refractivity contribution in [3.05, 3.63) is 71.5 Å². The van der Waals surface area contributed by atoms with Crippen LogP contribution in [0, 0.1) is 5.82 Å². The van der Waals surface area contributed by atoms with E-state index in [9.17, 15) is 9.18 Å². The molecular weight excluding hydrogens is 325 g/mol. The summed E-state index contributed by atoms with van der Waals surface area (Å²) in [6, 6.07) is 15.7. The summed E-state index contributed by atoms with van der Waals surface area (Å²) < 4.78 is 13.0. The van der Waals surface area contributed by atoms with Crippen molar-refractivity contribution in [1.82, 2.24) is 4.90 Å². The van der Waals surface area contributed by atoms with Gasteiger partial charge in [-0.1, -0.05) is 54.2 Å². The molecule has 0 radical (unpaired) electrons. The van der Waals surface area contributed by atoms with Gasteiger partial charge in [-0.3, -0.25) is 9.69 Å². The Morgan fingerprint density at radius 3 is 2.58 bits per heavy atom. The highest BCUT2D eigenvalue weighted by molar-refractivity contribution is 8.15. The van der Waals surface area contributed by atoms with E-state index >= 15 is 0 Å². The predicted octanol–water partition coefficient (Wildman–Crippen LogP) is 3.68. The lowest BCUT2D eigenvalue weighted by molar-refractivity contribution is -0.126. The zero-order valence-electron chi connectivity index (χ0n) is 13.1. The number of thioether (sulfide) groups is 1. The normalized spacial score (nSPS) is 19.6. The number of carbonyl (C=O) groups is 1. The van der Waals surface area contributed by atoms with E-state index in [1.54, 1.807) is 23.2 Å². The first-order valence-electron chi connectivity index (χ1n) is 7.52. The predicted molar refractivity (Wildman–Crippen MR) is 95.5 cm³/mol. The van der Waals surface area contributed by atoms with Gasteiger partial charge in [-0.2, -0.15) is 5.10 Å². The van der Waals surface area contributed by atoms with Crippen LogP contribution in [0.5, 0.6) is 0 Å². The first-order valence-corrected chi connectivity index (χ1v) is 8.40. The van der Waals surface area contributed by atoms with Crippen LogP contribution in [-0.2, 0) is 11.3 Å². The fourth-order valence-corrected chi connectivity index (χ4v) is 3.19. The molecule has 1 aliphatic heterocycles. The molecule has 1 atom stereocenters. The molecule has 1 fully saturated rings. The average Bonchev–Trinajstić information content (AvgIpc) is 2.86. The summed E-state index contributed by atoms with van der Waals surface area (Å²) in [5.74, 6) is -0.312. The first kappa shape index (κ1) is 16.4. The Morgan fingerprint density at radius 2 is 1.88 bits per heavy atom. The van der Waals surface area contributed by atoms with Crippen molar-refractivity contribution in [3.63, 3.8) is 0 Å². The summed E-state index contributed by atoms with van der Waals surface area (Å²) >= 11 is 1.38. The van der Waals surface area contributed by atoms with Gasteiger partial charge in [-0.15, -0.1) is 5.10 Å². The molecule has 3 rings (SSSR count). The quantitative estimate of drug-likeness (QED) is 0.629. The molecule has 122 valence electrons. The van der Waals surface area contributed by atoms with Crippen LogP contribution in [0.2, 0.25) is 0 Å². The molecule has 1 unspecified atom stereocenters. The van der Waals surface area contributed by atoms with Crippen molar-refractivity contribution in [2.45, 2.75) is 18.7 Å². The van der Waals surface area contributed by atoms with E-state index in [1.807, 2.05) is 37.3 Å². The Labute approximate surface area is 144 Å². The second kappa shape index (κ2) is 7.40. The molecule has 2 aromatic rings. The van der Waals surface area contributed by atoms with Gasteiger partial charge in [0.25, 0.3) is 0 Å². The van der Waals surface area contributed by atoms with Gasteiger partial charge in [0.2, 0.25) is 5.91 Å². The van der Waals surface area contributed by atoms with Crippen molar-refractivity contribution < 1.29 is 9.18 Å². The highest BCUT2D eigenvalue weighted by atomic mass is 32.2. The van der Waals surface area contributed by atoms with Gasteiger partial charge in [0.1, 0.15) is 5.82 Å². The van der Waals surface area contributed by atoms with E-state index in [-0.39, 0.29) is 17.0 Å². The third kappa shape index (κ3) is 3.89. The zero-order valence-corrected chi connectivity index (χ0v) is 13.9. The summed E-state index contributed by atoms with van der Waals surface area (Å²) in [6.07, 6.45) is 1.65. The third-order valence-electron chi connectivity index (χ3n) is 3.53. The number of carbonyl (C=O) groups excluding carboxylic acids is 1. The average molecular weight is 341 g/mol. The molecule has 0 spiro atoms. The zero-order chi connectivity index (χ0) is 16.9. The third-order valence-corrected chi connectivity index (χ3v) is 4.60. The number of rotatable bonds is 4. The Morgan fingerprint density at radius 1 is 1.17 bits per heavy atom. The summed E-state index contributed by atoms with van der Waals surface area (Å²) in [6.45, 7) is 2.20. The number of hydrogen-bond acceptors (Lipinski definition) is 4. The van der Waals surface area contributed by atoms with Crippen molar-refractivity contribution in [1.29, 1.82) is 0 Å². The largest absolute Gasteiger partial charge is 0.284 e. The highest BCUT2D eigenvalue weighted by Gasteiger charge is 2.35. The number of amides is 1. The minimum absolute atomic E-state index is 0.0158. The summed E-state index contributed by atoms with van der Waals surface area (Å²) in [4.78, 5) is 13.9. The van der Waals surface area contributed by atoms with E-state index in [0.29, 0.717) is 11.7 Å². The molecular formula is C18H16FN3OS. The van der Waals surface area contributed by atoms with Gasteiger partial charge < -0.3 is 0 Å². The number of nitrogens with zero attached hydrogens (tertiary/aromatic N) is 3. The number of benzene rings is 2. The molecule has 1 amide bonds. The molecule has 0 saturated carbocycles. The van der Waals surface area contributed by atoms with E-state index < -0.39 is 0 Å². The highest BCUT2D eigenvalue weighted by Crippen LogP contribution is 2.28. The smallest absolute Gasteiger partial charge is 0.242 e. The maximum Gasteiger partial charge on any atom is 0.242 e. The molecule has 0 aromatic heterocycles. The van der Waals surface area contributed by atoms with E-state index in [4.69, 9.17) is 0 Å². The van der Waals surface area contributed by atoms with Crippen molar-refractivity contribution in [2.75, 3.05) is 0 Å². The van der Waals surface area contributed by atoms with Gasteiger partial charge in [0.15, 0.2) is 5.17 Å². The maximum absolute atomic E-state index is 13.0. The molecule has 4 nitrogen and oxygen atoms in total. The summed E-state index contributed by atoms with van der Waals surface area (Å²) in [5.41, 5.74) is 1.79. The van der Waals surface area contributed by atoms with Crippen LogP contribution >= 0.6 is 11.8 Å². The molecule has 2 aromatic carbocycles. The van der Waals surface area contributed by atoms with Crippen LogP contribution in [0.3, 0.4) is 0 Å². The van der Waals surface area contributed by atoms with E-state index in [1.165, 1.54) is 23.9 Å². The first-order chi connectivity index (χ1) is 11.6. The molecule has 1 heterocycles. The summed E-state index contributed by atoms with van der Waals surface area (Å²) in [5, 5.41) is 8.64. The fourth-order valence-electron chi connectivity index (χ4n) is 2.27. The number of hydrogen-bond donors (Lipinski definition) is 0. The maximum atomic E-state index is 13.0. The molecule has 0 aliphatic carbocycles. The van der Waals surface area contributed by atoms with Crippen LogP contribution in [-0.4, -0.2) is 27.4 Å². The standard InChI is InChI=1S/C18H16FN3OS/c1-13-17(23)22(12-15-7-9-16(19)10-8-15)18(24-13)21-20-11-14-5-3-2-4-6-14/h2-11,13H,12H2,1H3/b20-11+,21-18-. The molecule has 24 heavy (non-hydrogen) atoms. The summed E-state index contributed by atoms with van der Waals surface area (Å²) in [7, 11) is 0. The minimum atomic E-state index is -0.296. The Balaban J connectivity index is 1.77. The lowest BCUT2D eigenvalue weighted by Crippen LogP contribution is -2.30. The lowest BCUT2D eigenvalue weighted by atomic mass is 10.2. The van der Waals surface area contributed by atoms with Gasteiger partial charge in [-0.05, 0) is 30.2 Å². The molecule has 0 N–H and O–H groups in total. The molecule has 0 bridgehead atoms. The molecule has 1 aliphatic rings. The SMILES string of the molecule is CC1S/C(=N\N=C\c2ccccc2)N(Cc2ccc(F)cc2)C1=O. The Bertz CT molecular complexity index is 775. The fraction of sp³-hybridized carbons (Fsp3) is 0.167. The second-order valence-corrected chi connectivity index (χ2v) is 6.66. The Hall–Kier alpha value is -2.47. The molecule has 1 saturated heterocycles. The van der Waals surface area contributed by atoms with Crippen molar-refractivity contribution in [2.24, 2.45) is 10.2 Å². The Kier molecular flexibility index (Phi) is 5.05. The van der Waals surface area contributed by atoms with Crippen LogP contribution in [0.4, 0.5) is 4.39 Å². The lowest BCUT2D eigenvalue weighted by Gasteiger charge is -2.15. The van der Waals surface area contributed by atoms with Crippen LogP contribution in [0.25, 0.3) is 0 Å². The van der Waals surface area contributed by atoms with Gasteiger partial charge in [0, 0.05) is 0 Å². The van der Waals surface area contributed by atoms with Crippen molar-refractivity contribution >= 4 is 29.1 Å². The van der Waals surface area contributed by atoms with Crippen LogP contribution < -0.4 is 0 Å². The van der Waals surface area contributed by atoms with Gasteiger partial charge in [-0.25, -0.2) is 4.39 Å². The minimum Gasteiger partial charge on any atom is -0.284 e. The molecule has 6 heteroatoms. The van der Waals surface area contributed by atoms with Gasteiger partial charge >= 0.3 is 0 Å². The topological polar surface area (TPSA) is 45.0 Å².